The molecule has 0 radical (unpaired) electrons. The second kappa shape index (κ2) is 8.68. The lowest BCUT2D eigenvalue weighted by atomic mass is 9.94. The zero-order chi connectivity index (χ0) is 23.0. The van der Waals surface area contributed by atoms with E-state index in [0.29, 0.717) is 18.7 Å². The van der Waals surface area contributed by atoms with Gasteiger partial charge in [-0.2, -0.15) is 5.10 Å². The van der Waals surface area contributed by atoms with Crippen molar-refractivity contribution in [1.82, 2.24) is 25.1 Å². The Labute approximate surface area is 196 Å². The predicted molar refractivity (Wildman–Crippen MR) is 129 cm³/mol. The maximum Gasteiger partial charge on any atom is 0.270 e. The number of hydrogen-bond donors (Lipinski definition) is 1. The average Bonchev–Trinajstić information content (AvgIpc) is 3.42. The summed E-state index contributed by atoms with van der Waals surface area (Å²) in [4.78, 5) is 23.2. The molecule has 1 unspecified atom stereocenters. The third-order valence-electron chi connectivity index (χ3n) is 5.98. The second-order valence-electron chi connectivity index (χ2n) is 9.18. The Kier molecular flexibility index (Phi) is 5.72. The topological polar surface area (TPSA) is 81.9 Å². The summed E-state index contributed by atoms with van der Waals surface area (Å²) >= 11 is 1.55. The molecule has 8 heteroatoms. The number of amides is 1. The number of rotatable bonds is 5. The highest BCUT2D eigenvalue weighted by Gasteiger charge is 2.30. The van der Waals surface area contributed by atoms with Crippen LogP contribution in [0.3, 0.4) is 0 Å². The molecule has 0 bridgehead atoms. The maximum absolute atomic E-state index is 13.1. The normalized spacial score (nSPS) is 17.8. The van der Waals surface area contributed by atoms with Gasteiger partial charge in [-0.1, -0.05) is 6.07 Å². The Balaban J connectivity index is 1.37. The van der Waals surface area contributed by atoms with Crippen LogP contribution < -0.4 is 5.32 Å². The van der Waals surface area contributed by atoms with E-state index in [9.17, 15) is 4.79 Å². The minimum Gasteiger partial charge on any atom is -0.375 e. The van der Waals surface area contributed by atoms with Gasteiger partial charge in [0.15, 0.2) is 0 Å². The molecule has 0 aromatic carbocycles. The number of ether oxygens (including phenoxy) is 1. The standard InChI is InChI=1S/C25H27N5O2S/c1-25(2)14-18(7-10-32-25)27-23(31)22-13-17(19-8-11-33-24(19)28-22)12-16-4-5-20(26-15-16)21-6-9-30(3)29-21/h4-6,8-9,11,13,15,18H,7,10,12,14H2,1-3H3,(H,27,31). The van der Waals surface area contributed by atoms with Crippen LogP contribution in [-0.4, -0.2) is 43.9 Å². The van der Waals surface area contributed by atoms with Gasteiger partial charge in [0.05, 0.1) is 11.3 Å². The van der Waals surface area contributed by atoms with Crippen molar-refractivity contribution in [3.05, 3.63) is 64.9 Å². The summed E-state index contributed by atoms with van der Waals surface area (Å²) in [5.41, 5.74) is 4.08. The first-order valence-corrected chi connectivity index (χ1v) is 12.0. The van der Waals surface area contributed by atoms with E-state index in [1.165, 1.54) is 0 Å². The first-order valence-electron chi connectivity index (χ1n) is 11.1. The highest BCUT2D eigenvalue weighted by Crippen LogP contribution is 2.27. The van der Waals surface area contributed by atoms with Gasteiger partial charge < -0.3 is 10.1 Å². The molecule has 0 saturated carbocycles. The number of nitrogens with zero attached hydrogens (tertiary/aromatic N) is 4. The fraction of sp³-hybridized carbons (Fsp3) is 0.360. The van der Waals surface area contributed by atoms with Crippen molar-refractivity contribution in [1.29, 1.82) is 0 Å². The molecule has 170 valence electrons. The molecular weight excluding hydrogens is 434 g/mol. The van der Waals surface area contributed by atoms with E-state index in [1.54, 1.807) is 16.0 Å². The number of carbonyl (C=O) groups is 1. The third kappa shape index (κ3) is 4.82. The molecule has 7 nitrogen and oxygen atoms in total. The third-order valence-corrected chi connectivity index (χ3v) is 6.79. The van der Waals surface area contributed by atoms with Crippen LogP contribution in [0, 0.1) is 0 Å². The van der Waals surface area contributed by atoms with E-state index in [1.807, 2.05) is 43.0 Å². The van der Waals surface area contributed by atoms with E-state index in [-0.39, 0.29) is 17.6 Å². The molecule has 0 aliphatic carbocycles. The SMILES string of the molecule is Cn1ccc(-c2ccc(Cc3cc(C(=O)NC4CCOC(C)(C)C4)nc4sccc34)cn2)n1. The summed E-state index contributed by atoms with van der Waals surface area (Å²) in [6.45, 7) is 4.78. The number of pyridine rings is 2. The molecule has 1 aliphatic rings. The first kappa shape index (κ1) is 21.7. The van der Waals surface area contributed by atoms with E-state index in [2.05, 4.69) is 46.4 Å². The van der Waals surface area contributed by atoms with E-state index >= 15 is 0 Å². The second-order valence-corrected chi connectivity index (χ2v) is 10.1. The summed E-state index contributed by atoms with van der Waals surface area (Å²) in [5.74, 6) is -0.127. The largest absolute Gasteiger partial charge is 0.375 e. The Morgan fingerprint density at radius 2 is 2.15 bits per heavy atom. The van der Waals surface area contributed by atoms with Gasteiger partial charge in [0, 0.05) is 37.5 Å². The van der Waals surface area contributed by atoms with Gasteiger partial charge in [0.2, 0.25) is 0 Å². The lowest BCUT2D eigenvalue weighted by molar-refractivity contribution is -0.0615. The molecule has 1 atom stereocenters. The number of hydrogen-bond acceptors (Lipinski definition) is 6. The van der Waals surface area contributed by atoms with Gasteiger partial charge in [-0.05, 0) is 73.9 Å². The molecule has 1 fully saturated rings. The molecule has 0 spiro atoms. The summed E-state index contributed by atoms with van der Waals surface area (Å²) in [5, 5.41) is 10.7. The predicted octanol–water partition coefficient (Wildman–Crippen LogP) is 4.37. The van der Waals surface area contributed by atoms with Crippen molar-refractivity contribution in [3.63, 3.8) is 0 Å². The molecule has 5 rings (SSSR count). The van der Waals surface area contributed by atoms with E-state index in [0.717, 1.165) is 45.6 Å². The van der Waals surface area contributed by atoms with Crippen LogP contribution in [0.1, 0.15) is 48.3 Å². The fourth-order valence-electron chi connectivity index (χ4n) is 4.35. The van der Waals surface area contributed by atoms with Crippen molar-refractivity contribution in [3.8, 4) is 11.4 Å². The first-order chi connectivity index (χ1) is 15.9. The molecule has 1 aliphatic heterocycles. The van der Waals surface area contributed by atoms with Crippen LogP contribution in [0.4, 0.5) is 0 Å². The monoisotopic (exact) mass is 461 g/mol. The minimum atomic E-state index is -0.221. The number of aromatic nitrogens is 4. The van der Waals surface area contributed by atoms with Crippen molar-refractivity contribution in [2.75, 3.05) is 6.61 Å². The van der Waals surface area contributed by atoms with Gasteiger partial charge in [-0.25, -0.2) is 4.98 Å². The van der Waals surface area contributed by atoms with Crippen LogP contribution >= 0.6 is 11.3 Å². The van der Waals surface area contributed by atoms with Gasteiger partial charge in [0.1, 0.15) is 16.2 Å². The van der Waals surface area contributed by atoms with Crippen LogP contribution in [0.2, 0.25) is 0 Å². The molecule has 4 aromatic heterocycles. The van der Waals surface area contributed by atoms with Gasteiger partial charge in [-0.3, -0.25) is 14.5 Å². The number of aryl methyl sites for hydroxylation is 1. The number of nitrogens with one attached hydrogen (secondary N) is 1. The summed E-state index contributed by atoms with van der Waals surface area (Å²) in [6.07, 6.45) is 6.07. The van der Waals surface area contributed by atoms with E-state index in [4.69, 9.17) is 4.74 Å². The Hall–Kier alpha value is -3.10. The highest BCUT2D eigenvalue weighted by molar-refractivity contribution is 7.16. The Morgan fingerprint density at radius 1 is 1.27 bits per heavy atom. The molecule has 4 aromatic rings. The molecule has 1 amide bonds. The zero-order valence-corrected chi connectivity index (χ0v) is 19.9. The van der Waals surface area contributed by atoms with Crippen molar-refractivity contribution < 1.29 is 9.53 Å². The summed E-state index contributed by atoms with van der Waals surface area (Å²) < 4.78 is 7.54. The lowest BCUT2D eigenvalue weighted by Gasteiger charge is -2.35. The minimum absolute atomic E-state index is 0.0915. The van der Waals surface area contributed by atoms with E-state index < -0.39 is 0 Å². The van der Waals surface area contributed by atoms with Crippen LogP contribution in [0.15, 0.2) is 48.1 Å². The molecule has 1 saturated heterocycles. The fourth-order valence-corrected chi connectivity index (χ4v) is 5.16. The zero-order valence-electron chi connectivity index (χ0n) is 19.0. The van der Waals surface area contributed by atoms with Crippen molar-refractivity contribution in [2.24, 2.45) is 7.05 Å². The van der Waals surface area contributed by atoms with Gasteiger partial charge in [0.25, 0.3) is 5.91 Å². The quantitative estimate of drug-likeness (QED) is 0.477. The molecule has 33 heavy (non-hydrogen) atoms. The van der Waals surface area contributed by atoms with Crippen LogP contribution in [0.5, 0.6) is 0 Å². The van der Waals surface area contributed by atoms with Crippen molar-refractivity contribution in [2.45, 2.75) is 44.8 Å². The highest BCUT2D eigenvalue weighted by atomic mass is 32.1. The van der Waals surface area contributed by atoms with Crippen LogP contribution in [0.25, 0.3) is 21.6 Å². The number of carbonyl (C=O) groups excluding carboxylic acids is 1. The smallest absolute Gasteiger partial charge is 0.270 e. The van der Waals surface area contributed by atoms with Crippen molar-refractivity contribution >= 4 is 27.5 Å². The molecule has 1 N–H and O–H groups in total. The Bertz CT molecular complexity index is 1290. The van der Waals surface area contributed by atoms with Gasteiger partial charge in [-0.15, -0.1) is 11.3 Å². The number of thiophene rings is 1. The summed E-state index contributed by atoms with van der Waals surface area (Å²) in [7, 11) is 1.89. The molecular formula is C25H27N5O2S. The molecule has 5 heterocycles. The summed E-state index contributed by atoms with van der Waals surface area (Å²) in [6, 6.07) is 10.1. The van der Waals surface area contributed by atoms with Crippen LogP contribution in [-0.2, 0) is 18.2 Å². The Morgan fingerprint density at radius 3 is 2.88 bits per heavy atom. The van der Waals surface area contributed by atoms with Gasteiger partial charge >= 0.3 is 0 Å². The lowest BCUT2D eigenvalue weighted by Crippen LogP contribution is -2.46. The maximum atomic E-state index is 13.1. The average molecular weight is 462 g/mol. The number of fused-ring (bicyclic) bond motifs is 1.